The largest absolute Gasteiger partial charge is 0.354 e. The van der Waals surface area contributed by atoms with Crippen LogP contribution in [0.2, 0.25) is 0 Å². The molecule has 0 saturated carbocycles. The highest BCUT2D eigenvalue weighted by Gasteiger charge is 2.12. The molecule has 2 heteroatoms. The normalized spacial score (nSPS) is 15.2. The summed E-state index contributed by atoms with van der Waals surface area (Å²) in [4.78, 5) is 2.27. The fraction of sp³-hybridized carbons (Fsp3) is 0.217. The highest BCUT2D eigenvalue weighted by Crippen LogP contribution is 2.29. The van der Waals surface area contributed by atoms with Crippen LogP contribution in [-0.2, 0) is 6.54 Å². The summed E-state index contributed by atoms with van der Waals surface area (Å²) >= 11 is 0. The van der Waals surface area contributed by atoms with Crippen LogP contribution in [0.15, 0.2) is 85.2 Å². The topological polar surface area (TPSA) is 8.17 Å². The zero-order chi connectivity index (χ0) is 17.1. The average Bonchev–Trinajstić information content (AvgIpc) is 2.80. The maximum absolute atomic E-state index is 2.49. The summed E-state index contributed by atoms with van der Waals surface area (Å²) in [7, 11) is 0. The van der Waals surface area contributed by atoms with E-state index in [4.69, 9.17) is 0 Å². The molecule has 0 bridgehead atoms. The Balaban J connectivity index is 1.55. The lowest BCUT2D eigenvalue weighted by atomic mass is 10.1. The number of allylic oxidation sites excluding steroid dienone is 4. The fourth-order valence-corrected chi connectivity index (χ4v) is 3.62. The van der Waals surface area contributed by atoms with Gasteiger partial charge in [-0.15, -0.1) is 0 Å². The number of benzene rings is 2. The lowest BCUT2D eigenvalue weighted by Crippen LogP contribution is -2.16. The molecule has 2 nitrogen and oxygen atoms in total. The molecule has 1 aliphatic rings. The molecular weight excluding hydrogens is 304 g/mol. The van der Waals surface area contributed by atoms with E-state index < -0.39 is 0 Å². The smallest absolute Gasteiger partial charge is 0.0491 e. The summed E-state index contributed by atoms with van der Waals surface area (Å²) in [6.45, 7) is 4.45. The average molecular weight is 328 g/mol. The molecule has 0 fully saturated rings. The number of nitrogens with zero attached hydrogens (tertiary/aromatic N) is 2. The Morgan fingerprint density at radius 3 is 1.92 bits per heavy atom. The van der Waals surface area contributed by atoms with Crippen LogP contribution >= 0.6 is 0 Å². The third-order valence-corrected chi connectivity index (χ3v) is 4.94. The van der Waals surface area contributed by atoms with Crippen molar-refractivity contribution < 1.29 is 0 Å². The molecule has 126 valence electrons. The molecule has 2 heterocycles. The highest BCUT2D eigenvalue weighted by molar-refractivity contribution is 6.07. The second-order valence-electron chi connectivity index (χ2n) is 6.84. The number of hydrogen-bond donors (Lipinski definition) is 0. The van der Waals surface area contributed by atoms with E-state index in [1.807, 2.05) is 0 Å². The SMILES string of the molecule is CC(CCN1C=CC=CC=C1)Cn1c2ccccc2c2ccccc21. The van der Waals surface area contributed by atoms with Crippen LogP contribution in [0.3, 0.4) is 0 Å². The third-order valence-electron chi connectivity index (χ3n) is 4.94. The fourth-order valence-electron chi connectivity index (χ4n) is 3.62. The van der Waals surface area contributed by atoms with Gasteiger partial charge in [-0.05, 0) is 36.6 Å². The molecule has 1 aromatic heterocycles. The number of aromatic nitrogens is 1. The first-order valence-electron chi connectivity index (χ1n) is 9.06. The van der Waals surface area contributed by atoms with Crippen LogP contribution in [0.4, 0.5) is 0 Å². The Kier molecular flexibility index (Phi) is 4.43. The van der Waals surface area contributed by atoms with E-state index in [-0.39, 0.29) is 0 Å². The van der Waals surface area contributed by atoms with Crippen LogP contribution in [-0.4, -0.2) is 16.0 Å². The van der Waals surface area contributed by atoms with E-state index in [2.05, 4.69) is 102 Å². The molecule has 1 aliphatic heterocycles. The van der Waals surface area contributed by atoms with Gasteiger partial charge in [-0.1, -0.05) is 55.5 Å². The minimum atomic E-state index is 0.609. The predicted octanol–water partition coefficient (Wildman–Crippen LogP) is 5.72. The van der Waals surface area contributed by atoms with E-state index in [9.17, 15) is 0 Å². The number of fused-ring (bicyclic) bond motifs is 3. The number of para-hydroxylation sites is 2. The van der Waals surface area contributed by atoms with Crippen molar-refractivity contribution >= 4 is 21.8 Å². The van der Waals surface area contributed by atoms with E-state index in [1.54, 1.807) is 0 Å². The quantitative estimate of drug-likeness (QED) is 0.581. The van der Waals surface area contributed by atoms with E-state index in [0.717, 1.165) is 19.5 Å². The first-order valence-corrected chi connectivity index (χ1v) is 9.06. The van der Waals surface area contributed by atoms with Gasteiger partial charge in [0.25, 0.3) is 0 Å². The maximum Gasteiger partial charge on any atom is 0.0491 e. The Labute approximate surface area is 149 Å². The van der Waals surface area contributed by atoms with Crippen molar-refractivity contribution in [2.24, 2.45) is 5.92 Å². The molecule has 0 aliphatic carbocycles. The van der Waals surface area contributed by atoms with Crippen molar-refractivity contribution in [3.8, 4) is 0 Å². The van der Waals surface area contributed by atoms with Gasteiger partial charge in [-0.3, -0.25) is 0 Å². The monoisotopic (exact) mass is 328 g/mol. The molecule has 25 heavy (non-hydrogen) atoms. The summed E-state index contributed by atoms with van der Waals surface area (Å²) in [5.74, 6) is 0.609. The summed E-state index contributed by atoms with van der Waals surface area (Å²) in [5, 5.41) is 2.71. The van der Waals surface area contributed by atoms with Crippen molar-refractivity contribution in [2.45, 2.75) is 19.9 Å². The molecule has 0 N–H and O–H groups in total. The second kappa shape index (κ2) is 7.02. The minimum Gasteiger partial charge on any atom is -0.354 e. The van der Waals surface area contributed by atoms with Crippen molar-refractivity contribution in [3.05, 3.63) is 85.2 Å². The van der Waals surface area contributed by atoms with Gasteiger partial charge in [0, 0.05) is 47.3 Å². The molecule has 4 rings (SSSR count). The third kappa shape index (κ3) is 3.25. The van der Waals surface area contributed by atoms with Crippen LogP contribution < -0.4 is 0 Å². The standard InChI is InChI=1S/C23H24N2/c1-19(14-17-24-15-8-2-3-9-16-24)18-25-22-12-6-4-10-20(22)21-11-5-7-13-23(21)25/h2-13,15-16,19H,14,17-18H2,1H3. The summed E-state index contributed by atoms with van der Waals surface area (Å²) in [6.07, 6.45) is 13.8. The molecule has 2 aromatic carbocycles. The Morgan fingerprint density at radius 2 is 1.32 bits per heavy atom. The molecule has 0 amide bonds. The highest BCUT2D eigenvalue weighted by atomic mass is 15.1. The zero-order valence-electron chi connectivity index (χ0n) is 14.7. The first-order chi connectivity index (χ1) is 12.3. The van der Waals surface area contributed by atoms with Gasteiger partial charge in [0.2, 0.25) is 0 Å². The summed E-state index contributed by atoms with van der Waals surface area (Å²) in [6, 6.07) is 17.5. The number of hydrogen-bond acceptors (Lipinski definition) is 1. The molecule has 1 atom stereocenters. The molecule has 1 unspecified atom stereocenters. The molecule has 0 spiro atoms. The van der Waals surface area contributed by atoms with Crippen molar-refractivity contribution in [1.82, 2.24) is 9.47 Å². The van der Waals surface area contributed by atoms with Gasteiger partial charge in [0.1, 0.15) is 0 Å². The summed E-state index contributed by atoms with van der Waals surface area (Å²) < 4.78 is 2.49. The maximum atomic E-state index is 2.49. The predicted molar refractivity (Wildman–Crippen MR) is 107 cm³/mol. The zero-order valence-corrected chi connectivity index (χ0v) is 14.7. The Hall–Kier alpha value is -2.74. The molecule has 3 aromatic rings. The van der Waals surface area contributed by atoms with Gasteiger partial charge in [0.15, 0.2) is 0 Å². The molecular formula is C23H24N2. The van der Waals surface area contributed by atoms with Crippen LogP contribution in [0.1, 0.15) is 13.3 Å². The Morgan fingerprint density at radius 1 is 0.760 bits per heavy atom. The van der Waals surface area contributed by atoms with Gasteiger partial charge < -0.3 is 9.47 Å². The minimum absolute atomic E-state index is 0.609. The van der Waals surface area contributed by atoms with Gasteiger partial charge in [-0.2, -0.15) is 0 Å². The Bertz CT molecular complexity index is 889. The van der Waals surface area contributed by atoms with Gasteiger partial charge in [0.05, 0.1) is 0 Å². The van der Waals surface area contributed by atoms with E-state index >= 15 is 0 Å². The molecule has 0 saturated heterocycles. The lowest BCUT2D eigenvalue weighted by Gasteiger charge is -2.19. The first kappa shape index (κ1) is 15.8. The van der Waals surface area contributed by atoms with Crippen LogP contribution in [0, 0.1) is 5.92 Å². The van der Waals surface area contributed by atoms with Crippen molar-refractivity contribution in [2.75, 3.05) is 6.54 Å². The van der Waals surface area contributed by atoms with E-state index in [1.165, 1.54) is 21.8 Å². The lowest BCUT2D eigenvalue weighted by molar-refractivity contribution is 0.392. The van der Waals surface area contributed by atoms with Crippen LogP contribution in [0.25, 0.3) is 21.8 Å². The molecule has 0 radical (unpaired) electrons. The number of rotatable bonds is 5. The van der Waals surface area contributed by atoms with E-state index in [0.29, 0.717) is 5.92 Å². The van der Waals surface area contributed by atoms with Crippen molar-refractivity contribution in [1.29, 1.82) is 0 Å². The van der Waals surface area contributed by atoms with Gasteiger partial charge >= 0.3 is 0 Å². The van der Waals surface area contributed by atoms with Gasteiger partial charge in [-0.25, -0.2) is 0 Å². The summed E-state index contributed by atoms with van der Waals surface area (Å²) in [5.41, 5.74) is 2.68. The van der Waals surface area contributed by atoms with Crippen molar-refractivity contribution in [3.63, 3.8) is 0 Å². The van der Waals surface area contributed by atoms with Crippen LogP contribution in [0.5, 0.6) is 0 Å². The second-order valence-corrected chi connectivity index (χ2v) is 6.84.